The van der Waals surface area contributed by atoms with Crippen molar-refractivity contribution in [3.05, 3.63) is 65.9 Å². The van der Waals surface area contributed by atoms with E-state index in [2.05, 4.69) is 32.8 Å². The highest BCUT2D eigenvalue weighted by Crippen LogP contribution is 2.35. The summed E-state index contributed by atoms with van der Waals surface area (Å²) in [6.07, 6.45) is 4.02. The average Bonchev–Trinajstić information content (AvgIpc) is 3.26. The Kier molecular flexibility index (Phi) is 6.75. The van der Waals surface area contributed by atoms with Crippen molar-refractivity contribution < 1.29 is 14.3 Å². The van der Waals surface area contributed by atoms with E-state index in [1.54, 1.807) is 7.11 Å². The molecular weight excluding hydrogens is 404 g/mol. The second-order valence-corrected chi connectivity index (χ2v) is 8.30. The molecule has 1 atom stereocenters. The van der Waals surface area contributed by atoms with Gasteiger partial charge >= 0.3 is 6.03 Å². The van der Waals surface area contributed by atoms with E-state index in [4.69, 9.17) is 4.74 Å². The van der Waals surface area contributed by atoms with Crippen molar-refractivity contribution in [2.45, 2.75) is 38.3 Å². The highest BCUT2D eigenvalue weighted by atomic mass is 16.5. The molecule has 3 aromatic rings. The van der Waals surface area contributed by atoms with Crippen LogP contribution in [0.3, 0.4) is 0 Å². The number of imide groups is 1. The fourth-order valence-electron chi connectivity index (χ4n) is 4.39. The third-order valence-electron chi connectivity index (χ3n) is 6.35. The van der Waals surface area contributed by atoms with Crippen molar-refractivity contribution in [1.29, 1.82) is 0 Å². The number of hydrogen-bond donors (Lipinski definition) is 3. The Balaban J connectivity index is 1.29. The number of amides is 3. The summed E-state index contributed by atoms with van der Waals surface area (Å²) in [5, 5.41) is 6.41. The fourth-order valence-corrected chi connectivity index (χ4v) is 4.39. The monoisotopic (exact) mass is 434 g/mol. The van der Waals surface area contributed by atoms with Crippen molar-refractivity contribution in [1.82, 2.24) is 20.5 Å². The van der Waals surface area contributed by atoms with Gasteiger partial charge in [0.2, 0.25) is 5.91 Å². The predicted octanol–water partition coefficient (Wildman–Crippen LogP) is 3.77. The molecule has 0 bridgehead atoms. The lowest BCUT2D eigenvalue weighted by atomic mass is 9.88. The Labute approximate surface area is 188 Å². The summed E-state index contributed by atoms with van der Waals surface area (Å²) >= 11 is 0. The van der Waals surface area contributed by atoms with E-state index in [9.17, 15) is 9.59 Å². The van der Waals surface area contributed by atoms with Gasteiger partial charge in [-0.15, -0.1) is 0 Å². The molecule has 7 nitrogen and oxygen atoms in total. The van der Waals surface area contributed by atoms with Crippen molar-refractivity contribution in [2.24, 2.45) is 0 Å². The zero-order valence-corrected chi connectivity index (χ0v) is 18.6. The minimum atomic E-state index is -0.465. The third-order valence-corrected chi connectivity index (χ3v) is 6.35. The molecule has 3 N–H and O–H groups in total. The highest BCUT2D eigenvalue weighted by molar-refractivity contribution is 5.96. The number of methoxy groups -OCH3 is 1. The molecular formula is C25H30N4O3. The summed E-state index contributed by atoms with van der Waals surface area (Å²) in [6, 6.07) is 14.9. The van der Waals surface area contributed by atoms with E-state index in [1.165, 1.54) is 10.9 Å². The number of ether oxygens (including phenoxy) is 1. The summed E-state index contributed by atoms with van der Waals surface area (Å²) in [5.74, 6) is 1.01. The van der Waals surface area contributed by atoms with Gasteiger partial charge in [0.15, 0.2) is 0 Å². The molecule has 2 heterocycles. The molecule has 168 valence electrons. The smallest absolute Gasteiger partial charge is 0.321 e. The highest BCUT2D eigenvalue weighted by Gasteiger charge is 2.29. The van der Waals surface area contributed by atoms with Gasteiger partial charge in [0, 0.05) is 23.6 Å². The van der Waals surface area contributed by atoms with Crippen LogP contribution in [0, 0.1) is 0 Å². The largest absolute Gasteiger partial charge is 0.497 e. The van der Waals surface area contributed by atoms with Crippen LogP contribution in [0.15, 0.2) is 54.7 Å². The second-order valence-electron chi connectivity index (χ2n) is 8.30. The molecule has 4 rings (SSSR count). The number of urea groups is 1. The van der Waals surface area contributed by atoms with E-state index in [0.29, 0.717) is 12.5 Å². The molecule has 1 aromatic heterocycles. The summed E-state index contributed by atoms with van der Waals surface area (Å²) < 4.78 is 5.38. The first-order valence-corrected chi connectivity index (χ1v) is 11.1. The third kappa shape index (κ3) is 4.94. The van der Waals surface area contributed by atoms with Crippen LogP contribution in [0.5, 0.6) is 5.75 Å². The number of benzene rings is 2. The molecule has 1 unspecified atom stereocenters. The number of carbonyl (C=O) groups excluding carboxylic acids is 2. The Hall–Kier alpha value is -3.32. The van der Waals surface area contributed by atoms with E-state index in [-0.39, 0.29) is 11.9 Å². The van der Waals surface area contributed by atoms with Crippen LogP contribution in [-0.4, -0.2) is 48.1 Å². The van der Waals surface area contributed by atoms with Crippen molar-refractivity contribution >= 4 is 22.8 Å². The van der Waals surface area contributed by atoms with Crippen molar-refractivity contribution in [3.63, 3.8) is 0 Å². The molecule has 0 saturated carbocycles. The number of nitrogens with zero attached hydrogens (tertiary/aromatic N) is 1. The molecule has 0 spiro atoms. The van der Waals surface area contributed by atoms with E-state index >= 15 is 0 Å². The zero-order chi connectivity index (χ0) is 22.5. The average molecular weight is 435 g/mol. The van der Waals surface area contributed by atoms with Gasteiger partial charge in [0.05, 0.1) is 13.2 Å². The fraction of sp³-hybridized carbons (Fsp3) is 0.360. The number of aromatic amines is 1. The summed E-state index contributed by atoms with van der Waals surface area (Å²) in [7, 11) is 1.68. The van der Waals surface area contributed by atoms with Crippen molar-refractivity contribution in [2.75, 3.05) is 20.2 Å². The number of hydrogen-bond acceptors (Lipinski definition) is 4. The van der Waals surface area contributed by atoms with E-state index in [0.717, 1.165) is 42.8 Å². The van der Waals surface area contributed by atoms with Crippen LogP contribution >= 0.6 is 0 Å². The number of piperidine rings is 1. The summed E-state index contributed by atoms with van der Waals surface area (Å²) in [4.78, 5) is 30.2. The molecule has 1 saturated heterocycles. The van der Waals surface area contributed by atoms with Gasteiger partial charge < -0.3 is 15.0 Å². The molecule has 1 aliphatic rings. The molecule has 0 radical (unpaired) electrons. The molecule has 7 heteroatoms. The normalized spacial score (nSPS) is 15.9. The molecule has 32 heavy (non-hydrogen) atoms. The Morgan fingerprint density at radius 3 is 2.62 bits per heavy atom. The van der Waals surface area contributed by atoms with Crippen LogP contribution in [0.4, 0.5) is 4.79 Å². The zero-order valence-electron chi connectivity index (χ0n) is 18.6. The molecule has 2 aromatic carbocycles. The Morgan fingerprint density at radius 2 is 1.91 bits per heavy atom. The maximum absolute atomic E-state index is 12.6. The van der Waals surface area contributed by atoms with E-state index in [1.807, 2.05) is 49.4 Å². The van der Waals surface area contributed by atoms with Crippen LogP contribution in [0.2, 0.25) is 0 Å². The van der Waals surface area contributed by atoms with Gasteiger partial charge in [-0.3, -0.25) is 15.0 Å². The van der Waals surface area contributed by atoms with E-state index < -0.39 is 6.03 Å². The second kappa shape index (κ2) is 9.87. The van der Waals surface area contributed by atoms with Gasteiger partial charge in [-0.05, 0) is 68.1 Å². The number of fused-ring (bicyclic) bond motifs is 1. The number of rotatable bonds is 6. The van der Waals surface area contributed by atoms with Gasteiger partial charge in [-0.1, -0.05) is 30.3 Å². The lowest BCUT2D eigenvalue weighted by molar-refractivity contribution is -0.125. The number of H-pyrrole nitrogens is 1. The molecule has 3 amide bonds. The van der Waals surface area contributed by atoms with Crippen molar-refractivity contribution in [3.8, 4) is 5.75 Å². The minimum Gasteiger partial charge on any atom is -0.497 e. The first-order chi connectivity index (χ1) is 15.5. The van der Waals surface area contributed by atoms with Crippen LogP contribution < -0.4 is 15.4 Å². The predicted molar refractivity (Wildman–Crippen MR) is 125 cm³/mol. The quantitative estimate of drug-likeness (QED) is 0.551. The van der Waals surface area contributed by atoms with Gasteiger partial charge in [-0.25, -0.2) is 4.79 Å². The SMILES string of the molecule is COc1ccc2[nH]cc(C3CCN(C(C)C(=O)NC(=O)NCc4ccccc4)CC3)c2c1. The summed E-state index contributed by atoms with van der Waals surface area (Å²) in [6.45, 7) is 3.86. The number of nitrogens with one attached hydrogen (secondary N) is 3. The van der Waals surface area contributed by atoms with Gasteiger partial charge in [0.1, 0.15) is 5.75 Å². The number of aromatic nitrogens is 1. The topological polar surface area (TPSA) is 86.5 Å². The van der Waals surface area contributed by atoms with Crippen LogP contribution in [0.1, 0.15) is 36.8 Å². The van der Waals surface area contributed by atoms with Gasteiger partial charge in [0.25, 0.3) is 0 Å². The number of carbonyl (C=O) groups is 2. The molecule has 1 aliphatic heterocycles. The lowest BCUT2D eigenvalue weighted by Gasteiger charge is -2.35. The van der Waals surface area contributed by atoms with Crippen LogP contribution in [0.25, 0.3) is 10.9 Å². The first-order valence-electron chi connectivity index (χ1n) is 11.1. The first kappa shape index (κ1) is 21.9. The van der Waals surface area contributed by atoms with Gasteiger partial charge in [-0.2, -0.15) is 0 Å². The Bertz CT molecular complexity index is 1070. The van der Waals surface area contributed by atoms with Crippen LogP contribution in [-0.2, 0) is 11.3 Å². The lowest BCUT2D eigenvalue weighted by Crippen LogP contribution is -2.51. The minimum absolute atomic E-state index is 0.272. The molecule has 0 aliphatic carbocycles. The maximum atomic E-state index is 12.6. The maximum Gasteiger partial charge on any atom is 0.321 e. The Morgan fingerprint density at radius 1 is 1.16 bits per heavy atom. The standard InChI is InChI=1S/C25H30N4O3/c1-17(24(30)28-25(31)27-15-18-6-4-3-5-7-18)29-12-10-19(11-13-29)22-16-26-23-9-8-20(32-2)14-21(22)23/h3-9,14,16-17,19,26H,10-13,15H2,1-2H3,(H2,27,28,30,31). The number of likely N-dealkylation sites (tertiary alicyclic amines) is 1. The molecule has 1 fully saturated rings. The summed E-state index contributed by atoms with van der Waals surface area (Å²) in [5.41, 5.74) is 3.40.